The highest BCUT2D eigenvalue weighted by Crippen LogP contribution is 2.17. The Morgan fingerprint density at radius 2 is 2.05 bits per heavy atom. The Balaban J connectivity index is 1.89. The number of nitrogens with zero attached hydrogens (tertiary/aromatic N) is 2. The molecule has 0 radical (unpaired) electrons. The minimum Gasteiger partial charge on any atom is -0.397 e. The molecule has 7 nitrogen and oxygen atoms in total. The average Bonchev–Trinajstić information content (AvgIpc) is 2.64. The van der Waals surface area contributed by atoms with Crippen LogP contribution in [-0.2, 0) is 9.59 Å². The Hall–Kier alpha value is -2.57. The predicted octanol–water partition coefficient (Wildman–Crippen LogP) is 0.491. The first-order valence-electron chi connectivity index (χ1n) is 6.19. The van der Waals surface area contributed by atoms with E-state index in [0.717, 1.165) is 4.90 Å². The second kappa shape index (κ2) is 5.60. The summed E-state index contributed by atoms with van der Waals surface area (Å²) in [4.78, 5) is 37.3. The Morgan fingerprint density at radius 3 is 2.65 bits per heavy atom. The van der Waals surface area contributed by atoms with Crippen molar-refractivity contribution in [1.82, 2.24) is 9.80 Å². The maximum atomic E-state index is 11.8. The Labute approximate surface area is 116 Å². The fourth-order valence-corrected chi connectivity index (χ4v) is 1.93. The number of likely N-dealkylation sites (N-methyl/N-ethyl adjacent to an activating group) is 1. The number of carbonyl (C=O) groups excluding carboxylic acids is 3. The molecule has 4 amide bonds. The standard InChI is InChI=1S/C13H16N4O3/c1-16-8-12(19)17(13(16)20)7-6-11(18)15-10-5-3-2-4-9(10)14/h2-5H,6-8,14H2,1H3,(H,15,18). The van der Waals surface area contributed by atoms with Gasteiger partial charge in [-0.1, -0.05) is 12.1 Å². The molecule has 0 bridgehead atoms. The zero-order valence-corrected chi connectivity index (χ0v) is 11.1. The molecular weight excluding hydrogens is 260 g/mol. The van der Waals surface area contributed by atoms with E-state index in [1.165, 1.54) is 4.90 Å². The van der Waals surface area contributed by atoms with Crippen molar-refractivity contribution in [3.05, 3.63) is 24.3 Å². The third-order valence-corrected chi connectivity index (χ3v) is 3.03. The van der Waals surface area contributed by atoms with Crippen LogP contribution in [0.5, 0.6) is 0 Å². The van der Waals surface area contributed by atoms with Gasteiger partial charge in [0.1, 0.15) is 6.54 Å². The first kappa shape index (κ1) is 13.9. The Kier molecular flexibility index (Phi) is 3.88. The lowest BCUT2D eigenvalue weighted by atomic mass is 10.2. The van der Waals surface area contributed by atoms with Crippen LogP contribution in [0.2, 0.25) is 0 Å². The van der Waals surface area contributed by atoms with Crippen molar-refractivity contribution in [2.45, 2.75) is 6.42 Å². The lowest BCUT2D eigenvalue weighted by Crippen LogP contribution is -2.34. The van der Waals surface area contributed by atoms with Crippen LogP contribution in [0.15, 0.2) is 24.3 Å². The lowest BCUT2D eigenvalue weighted by molar-refractivity contribution is -0.125. The number of rotatable bonds is 4. The lowest BCUT2D eigenvalue weighted by Gasteiger charge is -2.14. The number of nitrogen functional groups attached to an aromatic ring is 1. The van der Waals surface area contributed by atoms with Gasteiger partial charge in [0.25, 0.3) is 0 Å². The number of anilines is 2. The van der Waals surface area contributed by atoms with Gasteiger partial charge in [-0.05, 0) is 12.1 Å². The van der Waals surface area contributed by atoms with Crippen molar-refractivity contribution in [3.8, 4) is 0 Å². The highest BCUT2D eigenvalue weighted by Gasteiger charge is 2.33. The highest BCUT2D eigenvalue weighted by atomic mass is 16.2. The van der Waals surface area contributed by atoms with Crippen molar-refractivity contribution < 1.29 is 14.4 Å². The van der Waals surface area contributed by atoms with Gasteiger partial charge in [-0.3, -0.25) is 14.5 Å². The monoisotopic (exact) mass is 276 g/mol. The number of imide groups is 1. The maximum absolute atomic E-state index is 11.8. The largest absolute Gasteiger partial charge is 0.397 e. The molecule has 1 aliphatic rings. The number of hydrogen-bond donors (Lipinski definition) is 2. The summed E-state index contributed by atoms with van der Waals surface area (Å²) in [6.07, 6.45) is 0.0413. The SMILES string of the molecule is CN1CC(=O)N(CCC(=O)Nc2ccccc2N)C1=O. The van der Waals surface area contributed by atoms with E-state index in [0.29, 0.717) is 11.4 Å². The van der Waals surface area contributed by atoms with E-state index in [9.17, 15) is 14.4 Å². The van der Waals surface area contributed by atoms with Gasteiger partial charge in [-0.25, -0.2) is 4.79 Å². The molecular formula is C13H16N4O3. The first-order valence-corrected chi connectivity index (χ1v) is 6.19. The summed E-state index contributed by atoms with van der Waals surface area (Å²) in [6.45, 7) is 0.132. The molecule has 1 saturated heterocycles. The van der Waals surface area contributed by atoms with E-state index in [-0.39, 0.29) is 37.4 Å². The van der Waals surface area contributed by atoms with E-state index < -0.39 is 0 Å². The molecule has 2 rings (SSSR count). The molecule has 1 aromatic rings. The summed E-state index contributed by atoms with van der Waals surface area (Å²) in [5.41, 5.74) is 6.70. The van der Waals surface area contributed by atoms with Crippen LogP contribution < -0.4 is 11.1 Å². The van der Waals surface area contributed by atoms with Crippen LogP contribution in [0, 0.1) is 0 Å². The number of benzene rings is 1. The number of carbonyl (C=O) groups is 3. The first-order chi connectivity index (χ1) is 9.49. The van der Waals surface area contributed by atoms with Crippen LogP contribution >= 0.6 is 0 Å². The average molecular weight is 276 g/mol. The molecule has 1 heterocycles. The summed E-state index contributed by atoms with van der Waals surface area (Å²) < 4.78 is 0. The van der Waals surface area contributed by atoms with Gasteiger partial charge < -0.3 is 16.0 Å². The molecule has 0 saturated carbocycles. The van der Waals surface area contributed by atoms with Gasteiger partial charge in [0.2, 0.25) is 11.8 Å². The van der Waals surface area contributed by atoms with Crippen LogP contribution in [0.1, 0.15) is 6.42 Å². The van der Waals surface area contributed by atoms with Crippen LogP contribution in [0.25, 0.3) is 0 Å². The van der Waals surface area contributed by atoms with E-state index in [1.54, 1.807) is 31.3 Å². The zero-order valence-electron chi connectivity index (χ0n) is 11.1. The second-order valence-electron chi connectivity index (χ2n) is 4.57. The molecule has 0 unspecified atom stereocenters. The van der Waals surface area contributed by atoms with Crippen molar-refractivity contribution in [2.75, 3.05) is 31.2 Å². The summed E-state index contributed by atoms with van der Waals surface area (Å²) in [6, 6.07) is 6.52. The Morgan fingerprint density at radius 1 is 1.35 bits per heavy atom. The van der Waals surface area contributed by atoms with E-state index in [4.69, 9.17) is 5.73 Å². The number of urea groups is 1. The summed E-state index contributed by atoms with van der Waals surface area (Å²) in [5, 5.41) is 2.65. The Bertz CT molecular complexity index is 558. The molecule has 0 aliphatic carbocycles. The van der Waals surface area contributed by atoms with Gasteiger partial charge >= 0.3 is 6.03 Å². The third-order valence-electron chi connectivity index (χ3n) is 3.03. The normalized spacial score (nSPS) is 14.8. The summed E-state index contributed by atoms with van der Waals surface area (Å²) in [5.74, 6) is -0.581. The topological polar surface area (TPSA) is 95.7 Å². The third kappa shape index (κ3) is 2.87. The number of hydrogen-bond acceptors (Lipinski definition) is 4. The van der Waals surface area contributed by atoms with E-state index in [2.05, 4.69) is 5.32 Å². The number of amides is 4. The molecule has 0 atom stereocenters. The summed E-state index contributed by atoms with van der Waals surface area (Å²) >= 11 is 0. The minimum atomic E-state index is -0.373. The van der Waals surface area contributed by atoms with Crippen molar-refractivity contribution in [1.29, 1.82) is 0 Å². The van der Waals surface area contributed by atoms with Crippen molar-refractivity contribution in [2.24, 2.45) is 0 Å². The molecule has 3 N–H and O–H groups in total. The van der Waals surface area contributed by atoms with Crippen LogP contribution in [-0.4, -0.2) is 47.8 Å². The highest BCUT2D eigenvalue weighted by molar-refractivity contribution is 6.02. The van der Waals surface area contributed by atoms with Gasteiger partial charge in [0.15, 0.2) is 0 Å². The van der Waals surface area contributed by atoms with Gasteiger partial charge in [-0.15, -0.1) is 0 Å². The smallest absolute Gasteiger partial charge is 0.326 e. The predicted molar refractivity (Wildman–Crippen MR) is 73.8 cm³/mol. The fraction of sp³-hybridized carbons (Fsp3) is 0.308. The van der Waals surface area contributed by atoms with Gasteiger partial charge in [0.05, 0.1) is 11.4 Å². The maximum Gasteiger partial charge on any atom is 0.326 e. The minimum absolute atomic E-state index is 0.0413. The molecule has 0 aromatic heterocycles. The van der Waals surface area contributed by atoms with E-state index in [1.807, 2.05) is 0 Å². The molecule has 0 spiro atoms. The molecule has 1 fully saturated rings. The van der Waals surface area contributed by atoms with Gasteiger partial charge in [0, 0.05) is 20.0 Å². The van der Waals surface area contributed by atoms with Gasteiger partial charge in [-0.2, -0.15) is 0 Å². The molecule has 1 aliphatic heterocycles. The van der Waals surface area contributed by atoms with Crippen molar-refractivity contribution >= 4 is 29.2 Å². The summed E-state index contributed by atoms with van der Waals surface area (Å²) in [7, 11) is 1.55. The molecule has 20 heavy (non-hydrogen) atoms. The number of nitrogens with two attached hydrogens (primary N) is 1. The number of para-hydroxylation sites is 2. The van der Waals surface area contributed by atoms with Crippen LogP contribution in [0.3, 0.4) is 0 Å². The molecule has 7 heteroatoms. The van der Waals surface area contributed by atoms with Crippen LogP contribution in [0.4, 0.5) is 16.2 Å². The molecule has 1 aromatic carbocycles. The zero-order chi connectivity index (χ0) is 14.7. The molecule has 106 valence electrons. The quantitative estimate of drug-likeness (QED) is 0.618. The fourth-order valence-electron chi connectivity index (χ4n) is 1.93. The second-order valence-corrected chi connectivity index (χ2v) is 4.57. The van der Waals surface area contributed by atoms with E-state index >= 15 is 0 Å². The number of nitrogens with one attached hydrogen (secondary N) is 1. The van der Waals surface area contributed by atoms with Crippen molar-refractivity contribution in [3.63, 3.8) is 0 Å².